The first kappa shape index (κ1) is 15.1. The quantitative estimate of drug-likeness (QED) is 0.828. The molecule has 2 heterocycles. The van der Waals surface area contributed by atoms with Gasteiger partial charge in [-0.2, -0.15) is 5.26 Å². The number of Topliss-reactive ketones (excluding diaryl/α,β-unsaturated/α-hetero) is 1. The molecule has 2 unspecified atom stereocenters. The van der Waals surface area contributed by atoms with Crippen molar-refractivity contribution in [2.75, 3.05) is 13.1 Å². The van der Waals surface area contributed by atoms with E-state index in [-0.39, 0.29) is 11.8 Å². The molecule has 128 valence electrons. The highest BCUT2D eigenvalue weighted by Crippen LogP contribution is 2.63. The monoisotopic (exact) mass is 336 g/mol. The SMILES string of the molecule is C=CCN1CC[C@@]23c4c5ccc(C#N)c4OC2C(=O)CCC3(O)[C@@H]1C5. The lowest BCUT2D eigenvalue weighted by Crippen LogP contribution is -2.76. The molecule has 2 aliphatic carbocycles. The number of piperidine rings is 1. The number of ketones is 1. The van der Waals surface area contributed by atoms with Gasteiger partial charge in [-0.25, -0.2) is 0 Å². The predicted molar refractivity (Wildman–Crippen MR) is 90.3 cm³/mol. The maximum atomic E-state index is 12.7. The van der Waals surface area contributed by atoms with Crippen LogP contribution in [-0.4, -0.2) is 46.6 Å². The molecule has 5 nitrogen and oxygen atoms in total. The summed E-state index contributed by atoms with van der Waals surface area (Å²) in [6.45, 7) is 5.37. The summed E-state index contributed by atoms with van der Waals surface area (Å²) in [4.78, 5) is 15.0. The number of likely N-dealkylation sites (tertiary alicyclic amines) is 1. The van der Waals surface area contributed by atoms with E-state index in [0.29, 0.717) is 37.0 Å². The molecule has 1 spiro atoms. The van der Waals surface area contributed by atoms with Crippen molar-refractivity contribution in [1.29, 1.82) is 5.26 Å². The third-order valence-corrected chi connectivity index (χ3v) is 6.87. The Bertz CT molecular complexity index is 857. The van der Waals surface area contributed by atoms with E-state index in [1.54, 1.807) is 6.07 Å². The molecule has 1 aromatic carbocycles. The highest BCUT2D eigenvalue weighted by Gasteiger charge is 2.72. The van der Waals surface area contributed by atoms with E-state index in [2.05, 4.69) is 17.5 Å². The number of nitrogens with zero attached hydrogens (tertiary/aromatic N) is 2. The zero-order valence-electron chi connectivity index (χ0n) is 14.0. The number of benzene rings is 1. The van der Waals surface area contributed by atoms with Crippen molar-refractivity contribution in [2.24, 2.45) is 0 Å². The Hall–Kier alpha value is -2.16. The van der Waals surface area contributed by atoms with E-state index in [1.165, 1.54) is 0 Å². The minimum absolute atomic E-state index is 0.0496. The summed E-state index contributed by atoms with van der Waals surface area (Å²) in [5.41, 5.74) is 0.792. The fourth-order valence-corrected chi connectivity index (χ4v) is 5.90. The normalized spacial score (nSPS) is 37.8. The molecule has 0 radical (unpaired) electrons. The number of nitriles is 1. The van der Waals surface area contributed by atoms with Gasteiger partial charge >= 0.3 is 0 Å². The van der Waals surface area contributed by atoms with Crippen LogP contribution in [0, 0.1) is 11.3 Å². The van der Waals surface area contributed by atoms with Gasteiger partial charge in [-0.3, -0.25) is 9.69 Å². The first-order valence-corrected chi connectivity index (χ1v) is 8.90. The lowest BCUT2D eigenvalue weighted by Gasteiger charge is -2.62. The second-order valence-electron chi connectivity index (χ2n) is 7.70. The van der Waals surface area contributed by atoms with Crippen molar-refractivity contribution in [3.05, 3.63) is 41.5 Å². The number of ether oxygens (including phenoxy) is 1. The maximum Gasteiger partial charge on any atom is 0.174 e. The van der Waals surface area contributed by atoms with Crippen LogP contribution >= 0.6 is 0 Å². The molecule has 2 fully saturated rings. The summed E-state index contributed by atoms with van der Waals surface area (Å²) in [6.07, 6.45) is 3.37. The van der Waals surface area contributed by atoms with E-state index in [1.807, 2.05) is 12.1 Å². The van der Waals surface area contributed by atoms with Crippen LogP contribution in [0.1, 0.15) is 36.0 Å². The first-order chi connectivity index (χ1) is 12.1. The fourth-order valence-electron chi connectivity index (χ4n) is 5.90. The largest absolute Gasteiger partial charge is 0.480 e. The van der Waals surface area contributed by atoms with Gasteiger partial charge in [-0.1, -0.05) is 12.1 Å². The zero-order chi connectivity index (χ0) is 17.4. The summed E-state index contributed by atoms with van der Waals surface area (Å²) in [7, 11) is 0. The second kappa shape index (κ2) is 4.72. The fraction of sp³-hybridized carbons (Fsp3) is 0.500. The van der Waals surface area contributed by atoms with Crippen molar-refractivity contribution in [3.63, 3.8) is 0 Å². The highest BCUT2D eigenvalue weighted by atomic mass is 16.5. The Kier molecular flexibility index (Phi) is 2.85. The number of hydrogen-bond acceptors (Lipinski definition) is 5. The first-order valence-electron chi connectivity index (χ1n) is 8.90. The number of rotatable bonds is 2. The van der Waals surface area contributed by atoms with Crippen LogP contribution < -0.4 is 4.74 Å². The molecule has 0 aromatic heterocycles. The molecule has 1 saturated heterocycles. The van der Waals surface area contributed by atoms with Crippen molar-refractivity contribution in [1.82, 2.24) is 4.90 Å². The Balaban J connectivity index is 1.81. The summed E-state index contributed by atoms with van der Waals surface area (Å²) < 4.78 is 6.10. The molecular formula is C20H20N2O3. The van der Waals surface area contributed by atoms with E-state index in [9.17, 15) is 15.2 Å². The minimum Gasteiger partial charge on any atom is -0.480 e. The van der Waals surface area contributed by atoms with Crippen LogP contribution in [0.5, 0.6) is 5.75 Å². The van der Waals surface area contributed by atoms with E-state index >= 15 is 0 Å². The molecule has 1 N–H and O–H groups in total. The van der Waals surface area contributed by atoms with Crippen LogP contribution in [0.15, 0.2) is 24.8 Å². The smallest absolute Gasteiger partial charge is 0.174 e. The lowest BCUT2D eigenvalue weighted by atomic mass is 9.49. The average molecular weight is 336 g/mol. The molecule has 1 aromatic rings. The lowest BCUT2D eigenvalue weighted by molar-refractivity contribution is -0.187. The molecule has 2 aliphatic heterocycles. The summed E-state index contributed by atoms with van der Waals surface area (Å²) in [5.74, 6) is 0.586. The molecule has 4 atom stereocenters. The zero-order valence-corrected chi connectivity index (χ0v) is 14.0. The number of carbonyl (C=O) groups is 1. The Morgan fingerprint density at radius 3 is 3.08 bits per heavy atom. The third kappa shape index (κ3) is 1.53. The molecule has 4 aliphatic rings. The number of carbonyl (C=O) groups excluding carboxylic acids is 1. The maximum absolute atomic E-state index is 12.7. The molecule has 1 saturated carbocycles. The van der Waals surface area contributed by atoms with Gasteiger partial charge in [0, 0.05) is 31.1 Å². The Morgan fingerprint density at radius 2 is 2.32 bits per heavy atom. The van der Waals surface area contributed by atoms with Crippen molar-refractivity contribution < 1.29 is 14.6 Å². The van der Waals surface area contributed by atoms with Gasteiger partial charge in [0.1, 0.15) is 11.8 Å². The van der Waals surface area contributed by atoms with E-state index in [4.69, 9.17) is 4.74 Å². The average Bonchev–Trinajstić information content (AvgIpc) is 2.96. The predicted octanol–water partition coefficient (Wildman–Crippen LogP) is 1.47. The van der Waals surface area contributed by atoms with Gasteiger partial charge in [0.25, 0.3) is 0 Å². The van der Waals surface area contributed by atoms with E-state index < -0.39 is 17.1 Å². The summed E-state index contributed by atoms with van der Waals surface area (Å²) in [5, 5.41) is 21.4. The number of aliphatic hydroxyl groups is 1. The van der Waals surface area contributed by atoms with Gasteiger partial charge in [0.15, 0.2) is 11.9 Å². The van der Waals surface area contributed by atoms with Crippen molar-refractivity contribution >= 4 is 5.78 Å². The summed E-state index contributed by atoms with van der Waals surface area (Å²) >= 11 is 0. The van der Waals surface area contributed by atoms with Crippen LogP contribution in [0.2, 0.25) is 0 Å². The van der Waals surface area contributed by atoms with Gasteiger partial charge in [0.05, 0.1) is 16.6 Å². The van der Waals surface area contributed by atoms with Crippen LogP contribution in [0.3, 0.4) is 0 Å². The van der Waals surface area contributed by atoms with Gasteiger partial charge < -0.3 is 9.84 Å². The summed E-state index contributed by atoms with van der Waals surface area (Å²) in [6, 6.07) is 5.90. The molecule has 5 heteroatoms. The van der Waals surface area contributed by atoms with E-state index in [0.717, 1.165) is 24.2 Å². The third-order valence-electron chi connectivity index (χ3n) is 6.87. The highest BCUT2D eigenvalue weighted by molar-refractivity contribution is 5.90. The molecule has 25 heavy (non-hydrogen) atoms. The Labute approximate surface area is 146 Å². The second-order valence-corrected chi connectivity index (χ2v) is 7.70. The van der Waals surface area contributed by atoms with Gasteiger partial charge in [0.2, 0.25) is 0 Å². The number of hydrogen-bond donors (Lipinski definition) is 1. The van der Waals surface area contributed by atoms with Crippen molar-refractivity contribution in [2.45, 2.75) is 48.8 Å². The van der Waals surface area contributed by atoms with Gasteiger partial charge in [-0.15, -0.1) is 6.58 Å². The van der Waals surface area contributed by atoms with Crippen molar-refractivity contribution in [3.8, 4) is 11.8 Å². The minimum atomic E-state index is -1.00. The van der Waals surface area contributed by atoms with Crippen LogP contribution in [-0.2, 0) is 16.6 Å². The molecule has 2 bridgehead atoms. The molecule has 5 rings (SSSR count). The molecule has 0 amide bonds. The Morgan fingerprint density at radius 1 is 1.48 bits per heavy atom. The topological polar surface area (TPSA) is 73.6 Å². The standard InChI is InChI=1S/C20H20N2O3/c1-2-8-22-9-7-19-16-12-3-4-13(11-21)17(16)25-18(19)14(23)5-6-20(19,24)15(22)10-12/h2-4,15,18,24H,1,5-10H2/t15-,18?,19+,20?/m0/s1. The van der Waals surface area contributed by atoms with Gasteiger partial charge in [-0.05, 0) is 30.9 Å². The van der Waals surface area contributed by atoms with Crippen LogP contribution in [0.25, 0.3) is 0 Å². The molecular weight excluding hydrogens is 316 g/mol. The van der Waals surface area contributed by atoms with Crippen LogP contribution in [0.4, 0.5) is 0 Å².